The molecule has 1 rings (SSSR count). The molecule has 0 aromatic heterocycles. The van der Waals surface area contributed by atoms with Crippen LogP contribution in [0.4, 0.5) is 5.69 Å². The van der Waals surface area contributed by atoms with E-state index >= 15 is 0 Å². The lowest BCUT2D eigenvalue weighted by Gasteiger charge is -2.06. The minimum Gasteiger partial charge on any atom is -0.348 e. The Morgan fingerprint density at radius 2 is 2.31 bits per heavy atom. The molecule has 1 aromatic rings. The van der Waals surface area contributed by atoms with Crippen molar-refractivity contribution in [3.8, 4) is 0 Å². The van der Waals surface area contributed by atoms with Crippen LogP contribution in [0.1, 0.15) is 15.9 Å². The van der Waals surface area contributed by atoms with Crippen molar-refractivity contribution in [2.75, 3.05) is 6.54 Å². The minimum absolute atomic E-state index is 0.106. The summed E-state index contributed by atoms with van der Waals surface area (Å²) in [5, 5.41) is 13.3. The van der Waals surface area contributed by atoms with E-state index in [4.69, 9.17) is 0 Å². The van der Waals surface area contributed by atoms with E-state index in [1.807, 2.05) is 0 Å². The van der Waals surface area contributed by atoms with Crippen molar-refractivity contribution in [2.24, 2.45) is 0 Å². The summed E-state index contributed by atoms with van der Waals surface area (Å²) in [6, 6.07) is 4.53. The highest BCUT2D eigenvalue weighted by Crippen LogP contribution is 2.21. The molecule has 0 aliphatic heterocycles. The van der Waals surface area contributed by atoms with Gasteiger partial charge in [0.05, 0.1) is 4.92 Å². The van der Waals surface area contributed by atoms with E-state index in [9.17, 15) is 14.9 Å². The predicted octanol–water partition coefficient (Wildman–Crippen LogP) is 1.82. The summed E-state index contributed by atoms with van der Waals surface area (Å²) in [5.74, 6) is -0.454. The second-order valence-electron chi connectivity index (χ2n) is 3.22. The standard InChI is InChI=1S/C11H12N2O3/c1-3-7-12-11(14)10-8(2)5-4-6-9(10)13(15)16/h3-6H,1,7H2,2H3,(H,12,14). The number of nitrogens with zero attached hydrogens (tertiary/aromatic N) is 1. The van der Waals surface area contributed by atoms with Crippen molar-refractivity contribution in [1.29, 1.82) is 0 Å². The van der Waals surface area contributed by atoms with Crippen LogP contribution < -0.4 is 5.32 Å². The maximum atomic E-state index is 11.7. The fraction of sp³-hybridized carbons (Fsp3) is 0.182. The Morgan fingerprint density at radius 3 is 2.88 bits per heavy atom. The molecule has 0 saturated heterocycles. The topological polar surface area (TPSA) is 72.2 Å². The van der Waals surface area contributed by atoms with Crippen LogP contribution in [0.3, 0.4) is 0 Å². The Morgan fingerprint density at radius 1 is 1.62 bits per heavy atom. The predicted molar refractivity (Wildman–Crippen MR) is 60.4 cm³/mol. The Hall–Kier alpha value is -2.17. The molecular formula is C11H12N2O3. The average molecular weight is 220 g/mol. The van der Waals surface area contributed by atoms with Crippen LogP contribution in [0, 0.1) is 17.0 Å². The maximum absolute atomic E-state index is 11.7. The molecule has 1 amide bonds. The summed E-state index contributed by atoms with van der Waals surface area (Å²) in [4.78, 5) is 21.9. The molecule has 0 fully saturated rings. The average Bonchev–Trinajstić information content (AvgIpc) is 2.25. The first-order chi connectivity index (χ1) is 7.57. The number of benzene rings is 1. The van der Waals surface area contributed by atoms with E-state index in [1.165, 1.54) is 12.1 Å². The van der Waals surface area contributed by atoms with Gasteiger partial charge in [0.1, 0.15) is 5.56 Å². The third kappa shape index (κ3) is 2.44. The number of rotatable bonds is 4. The molecule has 84 valence electrons. The van der Waals surface area contributed by atoms with Crippen LogP contribution in [0.2, 0.25) is 0 Å². The van der Waals surface area contributed by atoms with Crippen LogP contribution in [0.25, 0.3) is 0 Å². The lowest BCUT2D eigenvalue weighted by atomic mass is 10.1. The van der Waals surface area contributed by atoms with Gasteiger partial charge in [-0.1, -0.05) is 18.2 Å². The summed E-state index contributed by atoms with van der Waals surface area (Å²) < 4.78 is 0. The molecule has 0 saturated carbocycles. The third-order valence-electron chi connectivity index (χ3n) is 2.08. The Labute approximate surface area is 92.9 Å². The van der Waals surface area contributed by atoms with E-state index in [0.29, 0.717) is 5.56 Å². The maximum Gasteiger partial charge on any atom is 0.282 e. The normalized spacial score (nSPS) is 9.56. The summed E-state index contributed by atoms with van der Waals surface area (Å²) >= 11 is 0. The Bertz CT molecular complexity index is 441. The molecule has 0 heterocycles. The number of nitro groups is 1. The highest BCUT2D eigenvalue weighted by Gasteiger charge is 2.21. The molecule has 5 nitrogen and oxygen atoms in total. The van der Waals surface area contributed by atoms with Gasteiger partial charge in [0, 0.05) is 12.6 Å². The molecule has 0 spiro atoms. The first kappa shape index (κ1) is 11.9. The zero-order chi connectivity index (χ0) is 12.1. The van der Waals surface area contributed by atoms with Gasteiger partial charge in [-0.25, -0.2) is 0 Å². The van der Waals surface area contributed by atoms with Gasteiger partial charge in [-0.2, -0.15) is 0 Å². The number of hydrogen-bond acceptors (Lipinski definition) is 3. The second kappa shape index (κ2) is 5.06. The number of amides is 1. The van der Waals surface area contributed by atoms with E-state index in [1.54, 1.807) is 19.1 Å². The van der Waals surface area contributed by atoms with Crippen molar-refractivity contribution in [3.05, 3.63) is 52.1 Å². The first-order valence-electron chi connectivity index (χ1n) is 4.71. The van der Waals surface area contributed by atoms with Crippen LogP contribution in [0.15, 0.2) is 30.9 Å². The molecule has 1 N–H and O–H groups in total. The highest BCUT2D eigenvalue weighted by atomic mass is 16.6. The Balaban J connectivity index is 3.14. The number of nitro benzene ring substituents is 1. The van der Waals surface area contributed by atoms with E-state index < -0.39 is 10.8 Å². The molecule has 0 aliphatic rings. The summed E-state index contributed by atoms with van der Waals surface area (Å²) in [5.41, 5.74) is 0.506. The number of hydrogen-bond donors (Lipinski definition) is 1. The van der Waals surface area contributed by atoms with Crippen LogP contribution in [0.5, 0.6) is 0 Å². The third-order valence-corrected chi connectivity index (χ3v) is 2.08. The minimum atomic E-state index is -0.560. The molecule has 1 aromatic carbocycles. The molecule has 0 unspecified atom stereocenters. The quantitative estimate of drug-likeness (QED) is 0.478. The van der Waals surface area contributed by atoms with E-state index in [0.717, 1.165) is 0 Å². The summed E-state index contributed by atoms with van der Waals surface area (Å²) in [7, 11) is 0. The van der Waals surface area contributed by atoms with Gasteiger partial charge in [0.25, 0.3) is 11.6 Å². The van der Waals surface area contributed by atoms with Gasteiger partial charge >= 0.3 is 0 Å². The number of carbonyl (C=O) groups is 1. The first-order valence-corrected chi connectivity index (χ1v) is 4.71. The lowest BCUT2D eigenvalue weighted by molar-refractivity contribution is -0.385. The molecule has 16 heavy (non-hydrogen) atoms. The zero-order valence-corrected chi connectivity index (χ0v) is 8.90. The van der Waals surface area contributed by atoms with Crippen molar-refractivity contribution >= 4 is 11.6 Å². The molecule has 5 heteroatoms. The largest absolute Gasteiger partial charge is 0.348 e. The summed E-state index contributed by atoms with van der Waals surface area (Å²) in [6.45, 7) is 5.40. The highest BCUT2D eigenvalue weighted by molar-refractivity contribution is 5.99. The van der Waals surface area contributed by atoms with Crippen LogP contribution >= 0.6 is 0 Å². The van der Waals surface area contributed by atoms with Gasteiger partial charge in [-0.05, 0) is 12.5 Å². The van der Waals surface area contributed by atoms with Gasteiger partial charge in [-0.3, -0.25) is 14.9 Å². The van der Waals surface area contributed by atoms with Crippen molar-refractivity contribution in [1.82, 2.24) is 5.32 Å². The molecule has 0 bridgehead atoms. The van der Waals surface area contributed by atoms with Gasteiger partial charge in [0.2, 0.25) is 0 Å². The van der Waals surface area contributed by atoms with Crippen LogP contribution in [-0.4, -0.2) is 17.4 Å². The fourth-order valence-corrected chi connectivity index (χ4v) is 1.35. The number of aryl methyl sites for hydroxylation is 1. The number of carbonyl (C=O) groups excluding carboxylic acids is 1. The van der Waals surface area contributed by atoms with Gasteiger partial charge in [-0.15, -0.1) is 6.58 Å². The molecule has 0 atom stereocenters. The monoisotopic (exact) mass is 220 g/mol. The lowest BCUT2D eigenvalue weighted by Crippen LogP contribution is -2.25. The SMILES string of the molecule is C=CCNC(=O)c1c(C)cccc1[N+](=O)[O-]. The van der Waals surface area contributed by atoms with Crippen LogP contribution in [-0.2, 0) is 0 Å². The number of nitrogens with one attached hydrogen (secondary N) is 1. The summed E-state index contributed by atoms with van der Waals surface area (Å²) in [6.07, 6.45) is 1.52. The van der Waals surface area contributed by atoms with Crippen molar-refractivity contribution in [3.63, 3.8) is 0 Å². The Kier molecular flexibility index (Phi) is 3.77. The molecule has 0 aliphatic carbocycles. The molecular weight excluding hydrogens is 208 g/mol. The van der Waals surface area contributed by atoms with Gasteiger partial charge < -0.3 is 5.32 Å². The van der Waals surface area contributed by atoms with E-state index in [2.05, 4.69) is 11.9 Å². The van der Waals surface area contributed by atoms with Crippen molar-refractivity contribution in [2.45, 2.75) is 6.92 Å². The van der Waals surface area contributed by atoms with E-state index in [-0.39, 0.29) is 17.8 Å². The van der Waals surface area contributed by atoms with Crippen molar-refractivity contribution < 1.29 is 9.72 Å². The smallest absolute Gasteiger partial charge is 0.282 e. The zero-order valence-electron chi connectivity index (χ0n) is 8.90. The molecule has 0 radical (unpaired) electrons. The second-order valence-corrected chi connectivity index (χ2v) is 3.22. The fourth-order valence-electron chi connectivity index (χ4n) is 1.35. The van der Waals surface area contributed by atoms with Gasteiger partial charge in [0.15, 0.2) is 0 Å².